The van der Waals surface area contributed by atoms with Gasteiger partial charge in [0.2, 0.25) is 5.78 Å². The molecule has 6 nitrogen and oxygen atoms in total. The minimum Gasteiger partial charge on any atom is -0.333 e. The van der Waals surface area contributed by atoms with Gasteiger partial charge in [-0.2, -0.15) is 0 Å². The van der Waals surface area contributed by atoms with Crippen molar-refractivity contribution in [2.45, 2.75) is 32.4 Å². The number of fused-ring (bicyclic) bond motifs is 5. The van der Waals surface area contributed by atoms with E-state index in [9.17, 15) is 4.79 Å². The zero-order valence-electron chi connectivity index (χ0n) is 16.2. The molecule has 3 fully saturated rings. The summed E-state index contributed by atoms with van der Waals surface area (Å²) in [5, 5.41) is 0. The normalized spacial score (nSPS) is 22.5. The summed E-state index contributed by atoms with van der Waals surface area (Å²) in [6.07, 6.45) is 5.88. The molecule has 5 heterocycles. The van der Waals surface area contributed by atoms with Crippen LogP contribution in [-0.4, -0.2) is 55.8 Å². The van der Waals surface area contributed by atoms with Crippen LogP contribution in [-0.2, 0) is 6.54 Å². The van der Waals surface area contributed by atoms with Gasteiger partial charge in [0, 0.05) is 44.6 Å². The quantitative estimate of drug-likeness (QED) is 0.706. The number of hydrogen-bond acceptors (Lipinski definition) is 4. The molecule has 0 unspecified atom stereocenters. The number of nitrogens with zero attached hydrogens (tertiary/aromatic N) is 5. The monoisotopic (exact) mass is 375 g/mol. The molecule has 3 aliphatic heterocycles. The molecule has 28 heavy (non-hydrogen) atoms. The lowest BCUT2D eigenvalue weighted by molar-refractivity contribution is 0.0577. The third-order valence-electron chi connectivity index (χ3n) is 6.08. The zero-order valence-corrected chi connectivity index (χ0v) is 16.2. The molecular weight excluding hydrogens is 350 g/mol. The SMILES string of the molecule is Cc1nc2ncccn2c1C(=O)N1C[C@H]2CC[C@@H]1CN(Cc1ccccc1)C2. The van der Waals surface area contributed by atoms with Crippen molar-refractivity contribution in [2.24, 2.45) is 5.92 Å². The molecule has 3 aliphatic rings. The average Bonchev–Trinajstić information content (AvgIpc) is 2.83. The molecule has 3 saturated heterocycles. The summed E-state index contributed by atoms with van der Waals surface area (Å²) in [6.45, 7) is 5.68. The smallest absolute Gasteiger partial charge is 0.273 e. The topological polar surface area (TPSA) is 53.7 Å². The maximum atomic E-state index is 13.5. The van der Waals surface area contributed by atoms with Gasteiger partial charge in [0.1, 0.15) is 5.69 Å². The van der Waals surface area contributed by atoms with Crippen molar-refractivity contribution in [2.75, 3.05) is 19.6 Å². The van der Waals surface area contributed by atoms with Crippen LogP contribution in [0.15, 0.2) is 48.8 Å². The highest BCUT2D eigenvalue weighted by Gasteiger charge is 2.38. The fourth-order valence-electron chi connectivity index (χ4n) is 4.79. The van der Waals surface area contributed by atoms with Gasteiger partial charge in [-0.3, -0.25) is 14.1 Å². The van der Waals surface area contributed by atoms with E-state index >= 15 is 0 Å². The number of carbonyl (C=O) groups is 1. The summed E-state index contributed by atoms with van der Waals surface area (Å²) in [5.74, 6) is 1.22. The second-order valence-electron chi connectivity index (χ2n) is 8.07. The molecular formula is C22H25N5O. The number of piperidine rings is 1. The Morgan fingerprint density at radius 2 is 1.96 bits per heavy atom. The minimum atomic E-state index is 0.0919. The molecule has 0 N–H and O–H groups in total. The number of amides is 1. The van der Waals surface area contributed by atoms with E-state index in [0.717, 1.165) is 38.3 Å². The fourth-order valence-corrected chi connectivity index (χ4v) is 4.79. The van der Waals surface area contributed by atoms with Gasteiger partial charge in [-0.1, -0.05) is 30.3 Å². The number of carbonyl (C=O) groups excluding carboxylic acids is 1. The largest absolute Gasteiger partial charge is 0.333 e. The molecule has 2 atom stereocenters. The second kappa shape index (κ2) is 7.02. The van der Waals surface area contributed by atoms with Gasteiger partial charge in [-0.05, 0) is 37.3 Å². The number of aromatic nitrogens is 3. The summed E-state index contributed by atoms with van der Waals surface area (Å²) in [5.41, 5.74) is 2.75. The van der Waals surface area contributed by atoms with Crippen molar-refractivity contribution < 1.29 is 4.79 Å². The number of aryl methyl sites for hydroxylation is 1. The van der Waals surface area contributed by atoms with Crippen LogP contribution in [0.25, 0.3) is 5.78 Å². The molecule has 2 bridgehead atoms. The van der Waals surface area contributed by atoms with Gasteiger partial charge >= 0.3 is 0 Å². The maximum absolute atomic E-state index is 13.5. The predicted octanol–water partition coefficient (Wildman–Crippen LogP) is 2.77. The first-order valence-corrected chi connectivity index (χ1v) is 10.1. The van der Waals surface area contributed by atoms with Gasteiger partial charge in [0.05, 0.1) is 5.69 Å². The van der Waals surface area contributed by atoms with Crippen LogP contribution in [0.4, 0.5) is 0 Å². The second-order valence-corrected chi connectivity index (χ2v) is 8.07. The van der Waals surface area contributed by atoms with Gasteiger partial charge < -0.3 is 4.90 Å². The van der Waals surface area contributed by atoms with Crippen LogP contribution in [0.5, 0.6) is 0 Å². The summed E-state index contributed by atoms with van der Waals surface area (Å²) in [4.78, 5) is 26.9. The van der Waals surface area contributed by atoms with Crippen LogP contribution in [0.1, 0.15) is 34.6 Å². The molecule has 1 aromatic carbocycles. The first-order valence-electron chi connectivity index (χ1n) is 10.1. The maximum Gasteiger partial charge on any atom is 0.273 e. The highest BCUT2D eigenvalue weighted by atomic mass is 16.2. The molecule has 3 aromatic rings. The molecule has 2 aromatic heterocycles. The summed E-state index contributed by atoms with van der Waals surface area (Å²) in [6, 6.07) is 12.7. The number of rotatable bonds is 3. The molecule has 144 valence electrons. The lowest BCUT2D eigenvalue weighted by Crippen LogP contribution is -2.47. The van der Waals surface area contributed by atoms with E-state index in [1.54, 1.807) is 6.20 Å². The average molecular weight is 375 g/mol. The van der Waals surface area contributed by atoms with Gasteiger partial charge in [-0.25, -0.2) is 9.97 Å². The molecule has 0 radical (unpaired) electrons. The highest BCUT2D eigenvalue weighted by Crippen LogP contribution is 2.30. The molecule has 0 aliphatic carbocycles. The third-order valence-corrected chi connectivity index (χ3v) is 6.08. The lowest BCUT2D eigenvalue weighted by Gasteiger charge is -2.36. The molecule has 0 saturated carbocycles. The van der Waals surface area contributed by atoms with Crippen molar-refractivity contribution in [3.8, 4) is 0 Å². The first kappa shape index (κ1) is 17.4. The van der Waals surface area contributed by atoms with Crippen molar-refractivity contribution in [1.82, 2.24) is 24.2 Å². The van der Waals surface area contributed by atoms with Crippen LogP contribution in [0.2, 0.25) is 0 Å². The lowest BCUT2D eigenvalue weighted by atomic mass is 9.94. The first-order chi connectivity index (χ1) is 13.7. The Morgan fingerprint density at radius 1 is 1.11 bits per heavy atom. The Kier molecular flexibility index (Phi) is 4.36. The Labute approximate surface area is 164 Å². The zero-order chi connectivity index (χ0) is 19.1. The van der Waals surface area contributed by atoms with Crippen molar-refractivity contribution >= 4 is 11.7 Å². The predicted molar refractivity (Wildman–Crippen MR) is 107 cm³/mol. The molecule has 6 rings (SSSR count). The number of benzene rings is 1. The minimum absolute atomic E-state index is 0.0919. The summed E-state index contributed by atoms with van der Waals surface area (Å²) >= 11 is 0. The van der Waals surface area contributed by atoms with Crippen LogP contribution < -0.4 is 0 Å². The Morgan fingerprint density at radius 3 is 2.82 bits per heavy atom. The Hall–Kier alpha value is -2.73. The standard InChI is InChI=1S/C22H25N5O/c1-16-20(26-11-5-10-23-22(26)24-16)21(28)27-14-18-8-9-19(27)15-25(13-18)12-17-6-3-2-4-7-17/h2-7,10-11,18-19H,8-9,12-15H2,1H3/t18-,19+/m0/s1. The van der Waals surface area contributed by atoms with Crippen molar-refractivity contribution in [1.29, 1.82) is 0 Å². The molecule has 0 spiro atoms. The van der Waals surface area contributed by atoms with Gasteiger partial charge in [0.15, 0.2) is 0 Å². The van der Waals surface area contributed by atoms with E-state index in [0.29, 0.717) is 17.4 Å². The van der Waals surface area contributed by atoms with E-state index in [1.165, 1.54) is 12.0 Å². The summed E-state index contributed by atoms with van der Waals surface area (Å²) < 4.78 is 1.83. The van der Waals surface area contributed by atoms with E-state index in [1.807, 2.05) is 23.6 Å². The van der Waals surface area contributed by atoms with Gasteiger partial charge in [-0.15, -0.1) is 0 Å². The Bertz CT molecular complexity index is 999. The van der Waals surface area contributed by atoms with Crippen LogP contribution in [0, 0.1) is 12.8 Å². The van der Waals surface area contributed by atoms with E-state index in [2.05, 4.69) is 50.1 Å². The molecule has 6 heteroatoms. The Balaban J connectivity index is 1.40. The van der Waals surface area contributed by atoms with Crippen LogP contribution >= 0.6 is 0 Å². The number of hydrogen-bond donors (Lipinski definition) is 0. The van der Waals surface area contributed by atoms with Gasteiger partial charge in [0.25, 0.3) is 5.91 Å². The third kappa shape index (κ3) is 3.07. The van der Waals surface area contributed by atoms with E-state index in [4.69, 9.17) is 0 Å². The molecule has 1 amide bonds. The number of imidazole rings is 1. The van der Waals surface area contributed by atoms with Crippen LogP contribution in [0.3, 0.4) is 0 Å². The van der Waals surface area contributed by atoms with E-state index < -0.39 is 0 Å². The highest BCUT2D eigenvalue weighted by molar-refractivity contribution is 5.94. The fraction of sp³-hybridized carbons (Fsp3) is 0.409. The summed E-state index contributed by atoms with van der Waals surface area (Å²) in [7, 11) is 0. The van der Waals surface area contributed by atoms with Crippen molar-refractivity contribution in [3.63, 3.8) is 0 Å². The van der Waals surface area contributed by atoms with E-state index in [-0.39, 0.29) is 11.9 Å². The van der Waals surface area contributed by atoms with Crippen molar-refractivity contribution in [3.05, 3.63) is 65.7 Å².